The van der Waals surface area contributed by atoms with Crippen molar-refractivity contribution in [2.45, 2.75) is 56.3 Å². The van der Waals surface area contributed by atoms with Crippen LogP contribution in [0.1, 0.15) is 39.0 Å². The first-order valence-corrected chi connectivity index (χ1v) is 13.5. The zero-order valence-electron chi connectivity index (χ0n) is 22.0. The van der Waals surface area contributed by atoms with Gasteiger partial charge in [0.05, 0.1) is 25.2 Å². The molecule has 0 saturated carbocycles. The predicted molar refractivity (Wildman–Crippen MR) is 139 cm³/mol. The first kappa shape index (κ1) is 26.4. The second kappa shape index (κ2) is 10.5. The van der Waals surface area contributed by atoms with Gasteiger partial charge in [0.2, 0.25) is 5.91 Å². The van der Waals surface area contributed by atoms with Crippen molar-refractivity contribution in [1.29, 1.82) is 0 Å². The number of hydrogen-bond donors (Lipinski definition) is 1. The summed E-state index contributed by atoms with van der Waals surface area (Å²) in [7, 11) is 1.59. The summed E-state index contributed by atoms with van der Waals surface area (Å²) in [5.41, 5.74) is -1.69. The number of amides is 2. The molecule has 204 valence electrons. The Kier molecular flexibility index (Phi) is 7.33. The molecule has 5 atom stereocenters. The summed E-state index contributed by atoms with van der Waals surface area (Å²) < 4.78 is 17.6. The number of unbranched alkanes of at least 4 members (excludes halogenated alkanes) is 3. The zero-order valence-corrected chi connectivity index (χ0v) is 22.0. The first-order chi connectivity index (χ1) is 18.4. The molecule has 1 N–H and O–H groups in total. The van der Waals surface area contributed by atoms with Crippen LogP contribution in [0.15, 0.2) is 48.6 Å². The highest BCUT2D eigenvalue weighted by Crippen LogP contribution is 2.57. The van der Waals surface area contributed by atoms with Gasteiger partial charge in [-0.1, -0.05) is 37.1 Å². The van der Waals surface area contributed by atoms with Crippen molar-refractivity contribution in [3.05, 3.63) is 48.6 Å². The van der Waals surface area contributed by atoms with Crippen LogP contribution in [-0.2, 0) is 23.9 Å². The Morgan fingerprint density at radius 3 is 2.50 bits per heavy atom. The Morgan fingerprint density at radius 2 is 1.76 bits per heavy atom. The van der Waals surface area contributed by atoms with Crippen molar-refractivity contribution in [3.8, 4) is 5.75 Å². The van der Waals surface area contributed by atoms with Gasteiger partial charge in [0.1, 0.15) is 23.3 Å². The third-order valence-electron chi connectivity index (χ3n) is 8.21. The molecule has 2 amide bonds. The molecule has 9 nitrogen and oxygen atoms in total. The number of fused-ring (bicyclic) bond motifs is 2. The van der Waals surface area contributed by atoms with E-state index in [0.717, 1.165) is 12.8 Å². The lowest BCUT2D eigenvalue weighted by atomic mass is 9.74. The summed E-state index contributed by atoms with van der Waals surface area (Å²) in [6.45, 7) is 2.84. The summed E-state index contributed by atoms with van der Waals surface area (Å²) in [4.78, 5) is 45.1. The second-order valence-electron chi connectivity index (χ2n) is 10.6. The summed E-state index contributed by atoms with van der Waals surface area (Å²) in [5, 5.41) is 9.12. The quantitative estimate of drug-likeness (QED) is 0.317. The topological polar surface area (TPSA) is 106 Å². The molecule has 1 aromatic carbocycles. The molecule has 9 heteroatoms. The molecular weight excluding hydrogens is 488 g/mol. The number of carbonyl (C=O) groups excluding carboxylic acids is 3. The number of aliphatic hydroxyl groups excluding tert-OH is 1. The zero-order chi connectivity index (χ0) is 26.9. The highest BCUT2D eigenvalue weighted by atomic mass is 16.6. The summed E-state index contributed by atoms with van der Waals surface area (Å²) >= 11 is 0. The van der Waals surface area contributed by atoms with E-state index in [-0.39, 0.29) is 25.0 Å². The molecule has 1 unspecified atom stereocenters. The van der Waals surface area contributed by atoms with Crippen LogP contribution in [0.2, 0.25) is 0 Å². The summed E-state index contributed by atoms with van der Waals surface area (Å²) in [5.74, 6) is -2.03. The minimum absolute atomic E-state index is 0.125. The maximum Gasteiger partial charge on any atom is 0.313 e. The Balaban J connectivity index is 1.55. The lowest BCUT2D eigenvalue weighted by Crippen LogP contribution is -2.56. The summed E-state index contributed by atoms with van der Waals surface area (Å²) in [6, 6.07) is 6.31. The van der Waals surface area contributed by atoms with E-state index in [1.54, 1.807) is 29.0 Å². The van der Waals surface area contributed by atoms with Gasteiger partial charge in [-0.25, -0.2) is 0 Å². The maximum atomic E-state index is 14.4. The van der Waals surface area contributed by atoms with Crippen molar-refractivity contribution < 1.29 is 33.7 Å². The van der Waals surface area contributed by atoms with Gasteiger partial charge in [0.25, 0.3) is 5.91 Å². The van der Waals surface area contributed by atoms with E-state index in [2.05, 4.69) is 0 Å². The molecule has 0 radical (unpaired) electrons. The van der Waals surface area contributed by atoms with E-state index in [4.69, 9.17) is 19.3 Å². The van der Waals surface area contributed by atoms with E-state index >= 15 is 0 Å². The number of nitrogens with zero attached hydrogens (tertiary/aromatic N) is 2. The Hall–Kier alpha value is -3.17. The standard InChI is InChI=1S/C29H36N2O7/c1-28-14-5-8-19-37-27(35)23(28)22-25(33)31(16-6-3-4-7-18-32)24-26(34)30(17-9-15-29(22,24)38-28)20-10-12-21(36-2)13-11-20/h5,9-15,22-24,32H,3-4,6-8,16-19H2,1-2H3/t22-,23+,24?,28-,29-/m0/s1. The molecule has 4 aliphatic rings. The largest absolute Gasteiger partial charge is 0.497 e. The fraction of sp³-hybridized carbons (Fsp3) is 0.552. The molecule has 1 aromatic rings. The maximum absolute atomic E-state index is 14.4. The number of esters is 1. The van der Waals surface area contributed by atoms with Crippen molar-refractivity contribution in [2.75, 3.05) is 38.3 Å². The van der Waals surface area contributed by atoms with Crippen LogP contribution < -0.4 is 9.64 Å². The highest BCUT2D eigenvalue weighted by Gasteiger charge is 2.74. The number of methoxy groups -OCH3 is 1. The molecular formula is C29H36N2O7. The monoisotopic (exact) mass is 524 g/mol. The number of aliphatic hydroxyl groups is 1. The van der Waals surface area contributed by atoms with Gasteiger partial charge in [-0.3, -0.25) is 14.4 Å². The number of ether oxygens (including phenoxy) is 3. The van der Waals surface area contributed by atoms with Gasteiger partial charge in [0.15, 0.2) is 0 Å². The molecule has 2 saturated heterocycles. The van der Waals surface area contributed by atoms with Crippen molar-refractivity contribution in [3.63, 3.8) is 0 Å². The van der Waals surface area contributed by atoms with E-state index in [0.29, 0.717) is 43.8 Å². The van der Waals surface area contributed by atoms with E-state index in [1.807, 2.05) is 43.4 Å². The second-order valence-corrected chi connectivity index (χ2v) is 10.6. The van der Waals surface area contributed by atoms with E-state index < -0.39 is 35.0 Å². The van der Waals surface area contributed by atoms with Gasteiger partial charge in [-0.15, -0.1) is 0 Å². The van der Waals surface area contributed by atoms with E-state index in [1.165, 1.54) is 0 Å². The van der Waals surface area contributed by atoms with Gasteiger partial charge in [-0.2, -0.15) is 0 Å². The smallest absolute Gasteiger partial charge is 0.313 e. The molecule has 4 heterocycles. The van der Waals surface area contributed by atoms with Crippen LogP contribution in [0.4, 0.5) is 5.69 Å². The number of carbonyl (C=O) groups is 3. The van der Waals surface area contributed by atoms with Gasteiger partial charge in [-0.05, 0) is 50.5 Å². The number of cyclic esters (lactones) is 1. The third-order valence-corrected chi connectivity index (χ3v) is 8.21. The van der Waals surface area contributed by atoms with Crippen LogP contribution in [0, 0.1) is 11.8 Å². The number of likely N-dealkylation sites (tertiary alicyclic amines) is 1. The molecule has 0 aromatic heterocycles. The Morgan fingerprint density at radius 1 is 1.00 bits per heavy atom. The fourth-order valence-electron chi connectivity index (χ4n) is 6.47. The molecule has 0 aliphatic carbocycles. The van der Waals surface area contributed by atoms with Crippen LogP contribution in [0.5, 0.6) is 5.75 Å². The van der Waals surface area contributed by atoms with Gasteiger partial charge in [0, 0.05) is 25.4 Å². The van der Waals surface area contributed by atoms with Crippen molar-refractivity contribution >= 4 is 23.5 Å². The van der Waals surface area contributed by atoms with Crippen LogP contribution >= 0.6 is 0 Å². The van der Waals surface area contributed by atoms with Crippen molar-refractivity contribution in [2.24, 2.45) is 11.8 Å². The molecule has 1 spiro atoms. The minimum Gasteiger partial charge on any atom is -0.497 e. The van der Waals surface area contributed by atoms with Crippen LogP contribution in [0.25, 0.3) is 0 Å². The van der Waals surface area contributed by atoms with Crippen LogP contribution in [-0.4, -0.2) is 78.4 Å². The average molecular weight is 525 g/mol. The van der Waals surface area contributed by atoms with E-state index in [9.17, 15) is 14.4 Å². The average Bonchev–Trinajstić information content (AvgIpc) is 3.22. The number of anilines is 1. The minimum atomic E-state index is -1.30. The summed E-state index contributed by atoms with van der Waals surface area (Å²) in [6.07, 6.45) is 11.1. The third kappa shape index (κ3) is 4.31. The van der Waals surface area contributed by atoms with Crippen LogP contribution in [0.3, 0.4) is 0 Å². The van der Waals surface area contributed by atoms with Gasteiger partial charge < -0.3 is 29.1 Å². The molecule has 2 fully saturated rings. The highest BCUT2D eigenvalue weighted by molar-refractivity contribution is 6.05. The molecule has 0 bridgehead atoms. The number of hydrogen-bond acceptors (Lipinski definition) is 7. The fourth-order valence-corrected chi connectivity index (χ4v) is 6.47. The molecule has 5 rings (SSSR count). The normalized spacial score (nSPS) is 32.3. The lowest BCUT2D eigenvalue weighted by Gasteiger charge is -2.37. The first-order valence-electron chi connectivity index (χ1n) is 13.5. The molecule has 4 aliphatic heterocycles. The number of rotatable bonds is 8. The molecule has 38 heavy (non-hydrogen) atoms. The Bertz CT molecular complexity index is 1130. The Labute approximate surface area is 223 Å². The lowest BCUT2D eigenvalue weighted by molar-refractivity contribution is -0.159. The van der Waals surface area contributed by atoms with Gasteiger partial charge >= 0.3 is 5.97 Å². The SMILES string of the molecule is COc1ccc(N2CC=C[C@]34O[C@@]5(C)C=CCCOC(=O)[C@H]5[C@H]3C(=O)N(CCCCCCO)C4C2=O)cc1. The predicted octanol–water partition coefficient (Wildman–Crippen LogP) is 2.62. The number of benzene rings is 1. The van der Waals surface area contributed by atoms with Crippen molar-refractivity contribution in [1.82, 2.24) is 4.90 Å².